The standard InChI is InChI=1S/C16H24N2O2/c1-3-20-16(19)9-15-11-17-10-13(2)18(15)12-14-7-5-4-6-8-14/h4-8,13,15,17H,3,9-12H2,1-2H3/t13-,15-/m1/s1. The molecule has 1 fully saturated rings. The second kappa shape index (κ2) is 7.41. The summed E-state index contributed by atoms with van der Waals surface area (Å²) in [4.78, 5) is 14.1. The molecule has 1 aromatic carbocycles. The minimum atomic E-state index is -0.105. The molecule has 1 aliphatic rings. The number of rotatable bonds is 5. The highest BCUT2D eigenvalue weighted by atomic mass is 16.5. The number of nitrogens with one attached hydrogen (secondary N) is 1. The third-order valence-corrected chi connectivity index (χ3v) is 3.77. The van der Waals surface area contributed by atoms with Crippen LogP contribution in [0.3, 0.4) is 0 Å². The van der Waals surface area contributed by atoms with Crippen molar-refractivity contribution >= 4 is 5.97 Å². The first kappa shape index (κ1) is 15.0. The Morgan fingerprint density at radius 3 is 2.80 bits per heavy atom. The van der Waals surface area contributed by atoms with Crippen LogP contribution in [0.15, 0.2) is 30.3 Å². The molecule has 20 heavy (non-hydrogen) atoms. The van der Waals surface area contributed by atoms with Crippen molar-refractivity contribution in [3.63, 3.8) is 0 Å². The van der Waals surface area contributed by atoms with Crippen LogP contribution in [0.2, 0.25) is 0 Å². The van der Waals surface area contributed by atoms with Crippen molar-refractivity contribution in [2.45, 2.75) is 38.9 Å². The van der Waals surface area contributed by atoms with Gasteiger partial charge in [-0.3, -0.25) is 9.69 Å². The summed E-state index contributed by atoms with van der Waals surface area (Å²) in [7, 11) is 0. The monoisotopic (exact) mass is 276 g/mol. The summed E-state index contributed by atoms with van der Waals surface area (Å²) in [6.45, 7) is 7.19. The van der Waals surface area contributed by atoms with Crippen molar-refractivity contribution in [2.75, 3.05) is 19.7 Å². The average molecular weight is 276 g/mol. The summed E-state index contributed by atoms with van der Waals surface area (Å²) < 4.78 is 5.09. The molecule has 0 saturated carbocycles. The zero-order valence-electron chi connectivity index (χ0n) is 12.3. The van der Waals surface area contributed by atoms with Crippen LogP contribution in [0, 0.1) is 0 Å². The first-order chi connectivity index (χ1) is 9.70. The third kappa shape index (κ3) is 4.05. The Kier molecular flexibility index (Phi) is 5.56. The second-order valence-corrected chi connectivity index (χ2v) is 5.33. The number of hydrogen-bond donors (Lipinski definition) is 1. The molecule has 1 aliphatic heterocycles. The van der Waals surface area contributed by atoms with Crippen LogP contribution in [0.4, 0.5) is 0 Å². The molecule has 4 heteroatoms. The van der Waals surface area contributed by atoms with Gasteiger partial charge in [-0.05, 0) is 19.4 Å². The predicted octanol–water partition coefficient (Wildman–Crippen LogP) is 1.80. The van der Waals surface area contributed by atoms with Crippen molar-refractivity contribution in [3.05, 3.63) is 35.9 Å². The zero-order valence-corrected chi connectivity index (χ0v) is 12.3. The SMILES string of the molecule is CCOC(=O)C[C@@H]1CNC[C@@H](C)N1Cc1ccccc1. The van der Waals surface area contributed by atoms with Crippen LogP contribution in [0.5, 0.6) is 0 Å². The smallest absolute Gasteiger partial charge is 0.307 e. The average Bonchev–Trinajstić information content (AvgIpc) is 2.44. The van der Waals surface area contributed by atoms with Gasteiger partial charge in [0, 0.05) is 31.7 Å². The summed E-state index contributed by atoms with van der Waals surface area (Å²) in [5.74, 6) is -0.105. The molecular weight excluding hydrogens is 252 g/mol. The summed E-state index contributed by atoms with van der Waals surface area (Å²) in [5.41, 5.74) is 1.29. The molecule has 0 aliphatic carbocycles. The van der Waals surface area contributed by atoms with Gasteiger partial charge in [-0.15, -0.1) is 0 Å². The van der Waals surface area contributed by atoms with E-state index in [2.05, 4.69) is 41.4 Å². The molecule has 4 nitrogen and oxygen atoms in total. The lowest BCUT2D eigenvalue weighted by atomic mass is 10.0. The largest absolute Gasteiger partial charge is 0.466 e. The fraction of sp³-hybridized carbons (Fsp3) is 0.562. The van der Waals surface area contributed by atoms with E-state index in [-0.39, 0.29) is 12.0 Å². The van der Waals surface area contributed by atoms with Gasteiger partial charge in [0.2, 0.25) is 0 Å². The molecule has 0 unspecified atom stereocenters. The molecule has 2 atom stereocenters. The minimum Gasteiger partial charge on any atom is -0.466 e. The van der Waals surface area contributed by atoms with Gasteiger partial charge < -0.3 is 10.1 Å². The van der Waals surface area contributed by atoms with Gasteiger partial charge >= 0.3 is 5.97 Å². The molecular formula is C16H24N2O2. The topological polar surface area (TPSA) is 41.6 Å². The molecule has 1 aromatic rings. The zero-order chi connectivity index (χ0) is 14.4. The Morgan fingerprint density at radius 1 is 1.35 bits per heavy atom. The van der Waals surface area contributed by atoms with Crippen LogP contribution >= 0.6 is 0 Å². The maximum Gasteiger partial charge on any atom is 0.307 e. The highest BCUT2D eigenvalue weighted by Crippen LogP contribution is 2.17. The van der Waals surface area contributed by atoms with Crippen molar-refractivity contribution < 1.29 is 9.53 Å². The van der Waals surface area contributed by atoms with Gasteiger partial charge in [-0.25, -0.2) is 0 Å². The van der Waals surface area contributed by atoms with Gasteiger partial charge in [-0.1, -0.05) is 30.3 Å². The van der Waals surface area contributed by atoms with Crippen molar-refractivity contribution in [2.24, 2.45) is 0 Å². The Bertz CT molecular complexity index is 422. The lowest BCUT2D eigenvalue weighted by molar-refractivity contribution is -0.145. The maximum atomic E-state index is 11.7. The van der Waals surface area contributed by atoms with E-state index in [9.17, 15) is 4.79 Å². The van der Waals surface area contributed by atoms with E-state index in [0.29, 0.717) is 19.1 Å². The molecule has 110 valence electrons. The Balaban J connectivity index is 2.02. The van der Waals surface area contributed by atoms with E-state index in [0.717, 1.165) is 19.6 Å². The number of nitrogens with zero attached hydrogens (tertiary/aromatic N) is 1. The summed E-state index contributed by atoms with van der Waals surface area (Å²) in [6, 6.07) is 11.0. The van der Waals surface area contributed by atoms with Gasteiger partial charge in [0.25, 0.3) is 0 Å². The highest BCUT2D eigenvalue weighted by Gasteiger charge is 2.29. The van der Waals surface area contributed by atoms with Gasteiger partial charge in [-0.2, -0.15) is 0 Å². The Labute approximate surface area is 121 Å². The second-order valence-electron chi connectivity index (χ2n) is 5.33. The van der Waals surface area contributed by atoms with Gasteiger partial charge in [0.05, 0.1) is 13.0 Å². The molecule has 0 amide bonds. The normalized spacial score (nSPS) is 23.5. The van der Waals surface area contributed by atoms with E-state index in [1.807, 2.05) is 13.0 Å². The van der Waals surface area contributed by atoms with Crippen molar-refractivity contribution in [1.29, 1.82) is 0 Å². The number of piperazine rings is 1. The molecule has 0 radical (unpaired) electrons. The highest BCUT2D eigenvalue weighted by molar-refractivity contribution is 5.70. The van der Waals surface area contributed by atoms with Crippen molar-refractivity contribution in [3.8, 4) is 0 Å². The predicted molar refractivity (Wildman–Crippen MR) is 79.4 cm³/mol. The fourth-order valence-electron chi connectivity index (χ4n) is 2.73. The fourth-order valence-corrected chi connectivity index (χ4v) is 2.73. The van der Waals surface area contributed by atoms with Crippen molar-refractivity contribution in [1.82, 2.24) is 10.2 Å². The van der Waals surface area contributed by atoms with E-state index in [1.165, 1.54) is 5.56 Å². The summed E-state index contributed by atoms with van der Waals surface area (Å²) in [5, 5.41) is 3.40. The van der Waals surface area contributed by atoms with E-state index in [4.69, 9.17) is 4.74 Å². The first-order valence-corrected chi connectivity index (χ1v) is 7.36. The van der Waals surface area contributed by atoms with Crippen LogP contribution < -0.4 is 5.32 Å². The van der Waals surface area contributed by atoms with Crippen LogP contribution in [0.25, 0.3) is 0 Å². The Hall–Kier alpha value is -1.39. The molecule has 1 heterocycles. The number of carbonyl (C=O) groups is 1. The minimum absolute atomic E-state index is 0.105. The molecule has 1 saturated heterocycles. The van der Waals surface area contributed by atoms with Gasteiger partial charge in [0.15, 0.2) is 0 Å². The van der Waals surface area contributed by atoms with Crippen LogP contribution in [-0.2, 0) is 16.1 Å². The number of carbonyl (C=O) groups excluding carboxylic acids is 1. The lowest BCUT2D eigenvalue weighted by Gasteiger charge is -2.40. The Morgan fingerprint density at radius 2 is 2.10 bits per heavy atom. The van der Waals surface area contributed by atoms with E-state index >= 15 is 0 Å². The molecule has 0 bridgehead atoms. The number of benzene rings is 1. The lowest BCUT2D eigenvalue weighted by Crippen LogP contribution is -2.56. The summed E-state index contributed by atoms with van der Waals surface area (Å²) in [6.07, 6.45) is 0.456. The quantitative estimate of drug-likeness (QED) is 0.833. The van der Waals surface area contributed by atoms with E-state index in [1.54, 1.807) is 0 Å². The maximum absolute atomic E-state index is 11.7. The first-order valence-electron chi connectivity index (χ1n) is 7.36. The molecule has 2 rings (SSSR count). The van der Waals surface area contributed by atoms with E-state index < -0.39 is 0 Å². The molecule has 0 aromatic heterocycles. The van der Waals surface area contributed by atoms with Crippen LogP contribution in [0.1, 0.15) is 25.8 Å². The molecule has 1 N–H and O–H groups in total. The third-order valence-electron chi connectivity index (χ3n) is 3.77. The number of ether oxygens (including phenoxy) is 1. The summed E-state index contributed by atoms with van der Waals surface area (Å²) >= 11 is 0. The number of esters is 1. The number of hydrogen-bond acceptors (Lipinski definition) is 4. The molecule has 0 spiro atoms. The van der Waals surface area contributed by atoms with Gasteiger partial charge in [0.1, 0.15) is 0 Å². The van der Waals surface area contributed by atoms with Crippen LogP contribution in [-0.4, -0.2) is 42.6 Å².